The van der Waals surface area contributed by atoms with Gasteiger partial charge in [-0.25, -0.2) is 13.4 Å². The minimum atomic E-state index is -4.62. The van der Waals surface area contributed by atoms with Crippen molar-refractivity contribution >= 4 is 21.6 Å². The fourth-order valence-corrected chi connectivity index (χ4v) is 4.64. The number of carbonyl (C=O) groups is 1. The van der Waals surface area contributed by atoms with Crippen LogP contribution in [0, 0.1) is 6.92 Å². The Balaban J connectivity index is 1.69. The van der Waals surface area contributed by atoms with Crippen LogP contribution < -0.4 is 10.1 Å². The largest absolute Gasteiger partial charge is 0.471 e. The van der Waals surface area contributed by atoms with Gasteiger partial charge in [-0.3, -0.25) is 4.79 Å². The maximum atomic E-state index is 13.0. The summed E-state index contributed by atoms with van der Waals surface area (Å²) in [5, 5.41) is 2.65. The number of alkyl halides is 3. The first-order valence-corrected chi connectivity index (χ1v) is 10.6. The molecule has 2 aromatic rings. The summed E-state index contributed by atoms with van der Waals surface area (Å²) >= 11 is 0. The van der Waals surface area contributed by atoms with E-state index in [9.17, 15) is 26.4 Å². The van der Waals surface area contributed by atoms with Crippen LogP contribution >= 0.6 is 0 Å². The Kier molecular flexibility index (Phi) is 6.04. The first kappa shape index (κ1) is 22.0. The van der Waals surface area contributed by atoms with Crippen LogP contribution in [0.2, 0.25) is 0 Å². The van der Waals surface area contributed by atoms with Gasteiger partial charge < -0.3 is 10.1 Å². The van der Waals surface area contributed by atoms with E-state index in [1.54, 1.807) is 19.9 Å². The number of hydrogen-bond donors (Lipinski definition) is 1. The predicted molar refractivity (Wildman–Crippen MR) is 103 cm³/mol. The van der Waals surface area contributed by atoms with Crippen molar-refractivity contribution in [3.8, 4) is 5.88 Å². The minimum Gasteiger partial charge on any atom is -0.471 e. The normalized spacial score (nSPS) is 15.5. The average Bonchev–Trinajstić information content (AvgIpc) is 2.63. The van der Waals surface area contributed by atoms with Crippen molar-refractivity contribution in [2.75, 3.05) is 18.4 Å². The summed E-state index contributed by atoms with van der Waals surface area (Å²) in [6.45, 7) is 3.12. The Morgan fingerprint density at radius 3 is 2.60 bits per heavy atom. The first-order valence-electron chi connectivity index (χ1n) is 9.12. The highest BCUT2D eigenvalue weighted by atomic mass is 32.2. The van der Waals surface area contributed by atoms with E-state index >= 15 is 0 Å². The lowest BCUT2D eigenvalue weighted by Crippen LogP contribution is -2.56. The zero-order chi connectivity index (χ0) is 22.1. The van der Waals surface area contributed by atoms with Gasteiger partial charge in [-0.2, -0.15) is 17.5 Å². The Hall–Kier alpha value is -2.66. The molecule has 1 saturated heterocycles. The molecule has 3 rings (SSSR count). The highest BCUT2D eigenvalue weighted by Crippen LogP contribution is 2.36. The summed E-state index contributed by atoms with van der Waals surface area (Å²) < 4.78 is 71.2. The molecule has 1 N–H and O–H groups in total. The van der Waals surface area contributed by atoms with Crippen molar-refractivity contribution in [2.24, 2.45) is 0 Å². The van der Waals surface area contributed by atoms with Gasteiger partial charge in [0, 0.05) is 18.3 Å². The fraction of sp³-hybridized carbons (Fsp3) is 0.368. The SMILES string of the molecule is CCC(=O)Nc1ccc(S(=O)(=O)N2CC(Oc3ncccc3C(F)(F)F)C2)c(C)c1. The summed E-state index contributed by atoms with van der Waals surface area (Å²) in [5.74, 6) is -0.764. The Morgan fingerprint density at radius 2 is 2.00 bits per heavy atom. The molecule has 1 aromatic carbocycles. The molecule has 7 nitrogen and oxygen atoms in total. The number of ether oxygens (including phenoxy) is 1. The van der Waals surface area contributed by atoms with Gasteiger partial charge in [-0.05, 0) is 42.8 Å². The van der Waals surface area contributed by atoms with Crippen LogP contribution in [0.25, 0.3) is 0 Å². The minimum absolute atomic E-state index is 0.0595. The third-order valence-corrected chi connectivity index (χ3v) is 6.56. The average molecular weight is 443 g/mol. The van der Waals surface area contributed by atoms with Gasteiger partial charge in [0.15, 0.2) is 0 Å². The molecule has 0 unspecified atom stereocenters. The molecule has 0 atom stereocenters. The number of sulfonamides is 1. The molecule has 162 valence electrons. The van der Waals surface area contributed by atoms with Gasteiger partial charge in [0.2, 0.25) is 21.8 Å². The van der Waals surface area contributed by atoms with E-state index in [1.165, 1.54) is 18.3 Å². The zero-order valence-corrected chi connectivity index (χ0v) is 17.0. The number of pyridine rings is 1. The third-order valence-electron chi connectivity index (χ3n) is 4.57. The molecular weight excluding hydrogens is 423 g/mol. The van der Waals surface area contributed by atoms with Crippen LogP contribution in [0.1, 0.15) is 24.5 Å². The van der Waals surface area contributed by atoms with Crippen molar-refractivity contribution in [3.05, 3.63) is 47.7 Å². The Bertz CT molecular complexity index is 1050. The van der Waals surface area contributed by atoms with Crippen molar-refractivity contribution in [2.45, 2.75) is 37.4 Å². The van der Waals surface area contributed by atoms with Crippen LogP contribution in [-0.2, 0) is 21.0 Å². The summed E-state index contributed by atoms with van der Waals surface area (Å²) in [4.78, 5) is 15.2. The Morgan fingerprint density at radius 1 is 1.30 bits per heavy atom. The number of benzene rings is 1. The van der Waals surface area contributed by atoms with E-state index < -0.39 is 33.7 Å². The van der Waals surface area contributed by atoms with E-state index in [2.05, 4.69) is 10.3 Å². The van der Waals surface area contributed by atoms with E-state index in [-0.39, 0.29) is 23.9 Å². The molecule has 1 aromatic heterocycles. The molecule has 30 heavy (non-hydrogen) atoms. The Labute approximate surface area is 171 Å². The second-order valence-electron chi connectivity index (χ2n) is 6.80. The number of amides is 1. The monoisotopic (exact) mass is 443 g/mol. The number of hydrogen-bond acceptors (Lipinski definition) is 5. The highest BCUT2D eigenvalue weighted by Gasteiger charge is 2.41. The van der Waals surface area contributed by atoms with Gasteiger partial charge in [-0.1, -0.05) is 6.92 Å². The van der Waals surface area contributed by atoms with E-state index in [4.69, 9.17) is 4.74 Å². The van der Waals surface area contributed by atoms with E-state index in [1.807, 2.05) is 0 Å². The molecule has 11 heteroatoms. The summed E-state index contributed by atoms with van der Waals surface area (Å²) in [6.07, 6.45) is -3.88. The van der Waals surface area contributed by atoms with Crippen LogP contribution in [-0.4, -0.2) is 42.8 Å². The lowest BCUT2D eigenvalue weighted by atomic mass is 10.2. The number of carbonyl (C=O) groups excluding carboxylic acids is 1. The number of anilines is 1. The van der Waals surface area contributed by atoms with E-state index in [0.717, 1.165) is 16.4 Å². The quantitative estimate of drug-likeness (QED) is 0.741. The van der Waals surface area contributed by atoms with Gasteiger partial charge in [0.1, 0.15) is 11.7 Å². The standard InChI is InChI=1S/C19H20F3N3O4S/c1-3-17(26)24-13-6-7-16(12(2)9-13)30(27,28)25-10-14(11-25)29-18-15(19(20,21)22)5-4-8-23-18/h4-9,14H,3,10-11H2,1-2H3,(H,24,26). The van der Waals surface area contributed by atoms with Gasteiger partial charge >= 0.3 is 6.18 Å². The van der Waals surface area contributed by atoms with Crippen molar-refractivity contribution in [1.82, 2.24) is 9.29 Å². The van der Waals surface area contributed by atoms with Gasteiger partial charge in [0.25, 0.3) is 0 Å². The molecule has 0 spiro atoms. The molecule has 1 aliphatic rings. The molecule has 1 amide bonds. The van der Waals surface area contributed by atoms with E-state index in [0.29, 0.717) is 17.7 Å². The molecular formula is C19H20F3N3O4S. The maximum absolute atomic E-state index is 13.0. The summed E-state index contributed by atoms with van der Waals surface area (Å²) in [6, 6.07) is 6.45. The number of aryl methyl sites for hydroxylation is 1. The lowest BCUT2D eigenvalue weighted by molar-refractivity contribution is -0.140. The number of nitrogens with zero attached hydrogens (tertiary/aromatic N) is 2. The van der Waals surface area contributed by atoms with Crippen LogP contribution in [0.4, 0.5) is 18.9 Å². The molecule has 0 saturated carbocycles. The molecule has 0 aliphatic carbocycles. The van der Waals surface area contributed by atoms with Crippen molar-refractivity contribution in [1.29, 1.82) is 0 Å². The summed E-state index contributed by atoms with van der Waals surface area (Å²) in [7, 11) is -3.85. The van der Waals surface area contributed by atoms with Crippen molar-refractivity contribution in [3.63, 3.8) is 0 Å². The van der Waals surface area contributed by atoms with Gasteiger partial charge in [0.05, 0.1) is 18.0 Å². The smallest absolute Gasteiger partial charge is 0.421 e. The predicted octanol–water partition coefficient (Wildman–Crippen LogP) is 3.21. The van der Waals surface area contributed by atoms with Gasteiger partial charge in [-0.15, -0.1) is 0 Å². The van der Waals surface area contributed by atoms with Crippen LogP contribution in [0.15, 0.2) is 41.4 Å². The van der Waals surface area contributed by atoms with Crippen LogP contribution in [0.5, 0.6) is 5.88 Å². The molecule has 0 radical (unpaired) electrons. The van der Waals surface area contributed by atoms with Crippen LogP contribution in [0.3, 0.4) is 0 Å². The molecule has 2 heterocycles. The topological polar surface area (TPSA) is 88.6 Å². The fourth-order valence-electron chi connectivity index (χ4n) is 2.93. The third kappa shape index (κ3) is 4.57. The second kappa shape index (κ2) is 8.23. The second-order valence-corrected chi connectivity index (χ2v) is 8.70. The number of nitrogens with one attached hydrogen (secondary N) is 1. The number of rotatable bonds is 6. The zero-order valence-electron chi connectivity index (χ0n) is 16.2. The lowest BCUT2D eigenvalue weighted by Gasteiger charge is -2.38. The number of halogens is 3. The molecule has 0 bridgehead atoms. The first-order chi connectivity index (χ1) is 14.0. The molecule has 1 fully saturated rings. The maximum Gasteiger partial charge on any atom is 0.421 e. The summed E-state index contributed by atoms with van der Waals surface area (Å²) in [5.41, 5.74) is -0.0813. The highest BCUT2D eigenvalue weighted by molar-refractivity contribution is 7.89. The molecule has 1 aliphatic heterocycles. The number of aromatic nitrogens is 1. The van der Waals surface area contributed by atoms with Crippen molar-refractivity contribution < 1.29 is 31.1 Å².